The lowest BCUT2D eigenvalue weighted by Gasteiger charge is -2.43. The van der Waals surface area contributed by atoms with Gasteiger partial charge in [0.2, 0.25) is 0 Å². The standard InChI is InChI=1S/C17H29N3/c1-4-14-7-9-15(10-8-14)13-16(19-18)17(20(2)3)11-5-6-12-17/h7-10,16,19H,4-6,11-13,18H2,1-3H3. The van der Waals surface area contributed by atoms with E-state index in [1.165, 1.54) is 36.8 Å². The lowest BCUT2D eigenvalue weighted by Crippen LogP contribution is -2.60. The number of rotatable bonds is 6. The first-order valence-electron chi connectivity index (χ1n) is 7.83. The summed E-state index contributed by atoms with van der Waals surface area (Å²) >= 11 is 0. The second kappa shape index (κ2) is 6.70. The molecule has 1 fully saturated rings. The smallest absolute Gasteiger partial charge is 0.0434 e. The Morgan fingerprint density at radius 3 is 2.15 bits per heavy atom. The molecule has 3 N–H and O–H groups in total. The van der Waals surface area contributed by atoms with Crippen molar-refractivity contribution in [2.45, 2.75) is 57.0 Å². The van der Waals surface area contributed by atoms with Gasteiger partial charge in [-0.1, -0.05) is 44.0 Å². The highest BCUT2D eigenvalue weighted by Crippen LogP contribution is 2.37. The van der Waals surface area contributed by atoms with E-state index in [-0.39, 0.29) is 5.54 Å². The molecule has 2 rings (SSSR count). The van der Waals surface area contributed by atoms with Crippen molar-refractivity contribution in [3.8, 4) is 0 Å². The summed E-state index contributed by atoms with van der Waals surface area (Å²) in [5, 5.41) is 0. The highest BCUT2D eigenvalue weighted by atomic mass is 15.3. The van der Waals surface area contributed by atoms with E-state index in [9.17, 15) is 0 Å². The molecule has 3 heteroatoms. The van der Waals surface area contributed by atoms with Crippen LogP contribution < -0.4 is 11.3 Å². The van der Waals surface area contributed by atoms with Gasteiger partial charge in [-0.25, -0.2) is 0 Å². The molecule has 3 nitrogen and oxygen atoms in total. The van der Waals surface area contributed by atoms with Crippen molar-refractivity contribution in [2.24, 2.45) is 5.84 Å². The lowest BCUT2D eigenvalue weighted by atomic mass is 9.83. The van der Waals surface area contributed by atoms with Crippen molar-refractivity contribution in [2.75, 3.05) is 14.1 Å². The van der Waals surface area contributed by atoms with Crippen LogP contribution in [0.1, 0.15) is 43.7 Å². The van der Waals surface area contributed by atoms with Gasteiger partial charge in [0, 0.05) is 11.6 Å². The van der Waals surface area contributed by atoms with E-state index in [0.717, 1.165) is 12.8 Å². The van der Waals surface area contributed by atoms with E-state index >= 15 is 0 Å². The van der Waals surface area contributed by atoms with Gasteiger partial charge >= 0.3 is 0 Å². The van der Waals surface area contributed by atoms with Crippen molar-refractivity contribution in [1.29, 1.82) is 0 Å². The largest absolute Gasteiger partial charge is 0.302 e. The molecule has 0 heterocycles. The fourth-order valence-electron chi connectivity index (χ4n) is 3.65. The van der Waals surface area contributed by atoms with Crippen LogP contribution in [0, 0.1) is 0 Å². The van der Waals surface area contributed by atoms with E-state index in [1.54, 1.807) is 0 Å². The summed E-state index contributed by atoms with van der Waals surface area (Å²) in [4.78, 5) is 2.38. The summed E-state index contributed by atoms with van der Waals surface area (Å²) in [6.45, 7) is 2.19. The molecule has 20 heavy (non-hydrogen) atoms. The first-order chi connectivity index (χ1) is 9.62. The van der Waals surface area contributed by atoms with E-state index in [0.29, 0.717) is 6.04 Å². The van der Waals surface area contributed by atoms with Crippen LogP contribution in [0.5, 0.6) is 0 Å². The molecule has 0 spiro atoms. The highest BCUT2D eigenvalue weighted by molar-refractivity contribution is 5.24. The molecule has 112 valence electrons. The zero-order chi connectivity index (χ0) is 14.6. The maximum absolute atomic E-state index is 5.90. The van der Waals surface area contributed by atoms with E-state index in [1.807, 2.05) is 0 Å². The molecule has 1 atom stereocenters. The Balaban J connectivity index is 2.14. The Labute approximate surface area is 123 Å². The van der Waals surface area contributed by atoms with Crippen LogP contribution in [-0.2, 0) is 12.8 Å². The van der Waals surface area contributed by atoms with Crippen LogP contribution in [0.25, 0.3) is 0 Å². The minimum atomic E-state index is 0.207. The quantitative estimate of drug-likeness (QED) is 0.619. The third kappa shape index (κ3) is 3.05. The zero-order valence-corrected chi connectivity index (χ0v) is 13.2. The lowest BCUT2D eigenvalue weighted by molar-refractivity contribution is 0.104. The number of likely N-dealkylation sites (N-methyl/N-ethyl adjacent to an activating group) is 1. The predicted octanol–water partition coefficient (Wildman–Crippen LogP) is 2.50. The van der Waals surface area contributed by atoms with Crippen LogP contribution in [0.3, 0.4) is 0 Å². The zero-order valence-electron chi connectivity index (χ0n) is 13.2. The first-order valence-corrected chi connectivity index (χ1v) is 7.83. The van der Waals surface area contributed by atoms with Gasteiger partial charge in [-0.15, -0.1) is 0 Å². The normalized spacial score (nSPS) is 19.4. The third-order valence-corrected chi connectivity index (χ3v) is 5.08. The Hall–Kier alpha value is -0.900. The minimum absolute atomic E-state index is 0.207. The molecule has 1 saturated carbocycles. The van der Waals surface area contributed by atoms with Crippen molar-refractivity contribution in [1.82, 2.24) is 10.3 Å². The maximum atomic E-state index is 5.90. The molecule has 1 aromatic carbocycles. The van der Waals surface area contributed by atoms with Gasteiger partial charge in [0.05, 0.1) is 0 Å². The summed E-state index contributed by atoms with van der Waals surface area (Å²) in [7, 11) is 4.38. The Bertz CT molecular complexity index is 405. The SMILES string of the molecule is CCc1ccc(CC(NN)C2(N(C)C)CCCC2)cc1. The van der Waals surface area contributed by atoms with Crippen LogP contribution >= 0.6 is 0 Å². The summed E-state index contributed by atoms with van der Waals surface area (Å²) in [6, 6.07) is 9.29. The molecule has 0 radical (unpaired) electrons. The van der Waals surface area contributed by atoms with Gasteiger partial charge in [-0.2, -0.15) is 0 Å². The summed E-state index contributed by atoms with van der Waals surface area (Å²) in [5.74, 6) is 5.90. The molecule has 1 aromatic rings. The topological polar surface area (TPSA) is 41.3 Å². The van der Waals surface area contributed by atoms with Crippen LogP contribution in [-0.4, -0.2) is 30.6 Å². The van der Waals surface area contributed by atoms with Gasteiger partial charge in [0.15, 0.2) is 0 Å². The number of hydrazine groups is 1. The van der Waals surface area contributed by atoms with Gasteiger partial charge in [-0.3, -0.25) is 11.3 Å². The monoisotopic (exact) mass is 275 g/mol. The first kappa shape index (κ1) is 15.5. The summed E-state index contributed by atoms with van der Waals surface area (Å²) < 4.78 is 0. The number of hydrogen-bond acceptors (Lipinski definition) is 3. The summed E-state index contributed by atoms with van der Waals surface area (Å²) in [6.07, 6.45) is 7.19. The van der Waals surface area contributed by atoms with Gasteiger partial charge in [0.25, 0.3) is 0 Å². The molecule has 0 aliphatic heterocycles. The molecule has 0 bridgehead atoms. The molecule has 1 unspecified atom stereocenters. The maximum Gasteiger partial charge on any atom is 0.0434 e. The van der Waals surface area contributed by atoms with Crippen molar-refractivity contribution in [3.63, 3.8) is 0 Å². The van der Waals surface area contributed by atoms with Crippen molar-refractivity contribution >= 4 is 0 Å². The minimum Gasteiger partial charge on any atom is -0.302 e. The predicted molar refractivity (Wildman–Crippen MR) is 85.5 cm³/mol. The Morgan fingerprint density at radius 1 is 1.15 bits per heavy atom. The van der Waals surface area contributed by atoms with Gasteiger partial charge < -0.3 is 4.90 Å². The second-order valence-electron chi connectivity index (χ2n) is 6.30. The van der Waals surface area contributed by atoms with E-state index in [4.69, 9.17) is 5.84 Å². The van der Waals surface area contributed by atoms with Crippen molar-refractivity contribution in [3.05, 3.63) is 35.4 Å². The Morgan fingerprint density at radius 2 is 1.70 bits per heavy atom. The molecular weight excluding hydrogens is 246 g/mol. The molecule has 0 amide bonds. The molecular formula is C17H29N3. The van der Waals surface area contributed by atoms with E-state index in [2.05, 4.69) is 55.6 Å². The second-order valence-corrected chi connectivity index (χ2v) is 6.30. The number of nitrogens with zero attached hydrogens (tertiary/aromatic N) is 1. The molecule has 0 saturated heterocycles. The fourth-order valence-corrected chi connectivity index (χ4v) is 3.65. The average molecular weight is 275 g/mol. The van der Waals surface area contributed by atoms with Crippen LogP contribution in [0.15, 0.2) is 24.3 Å². The third-order valence-electron chi connectivity index (χ3n) is 5.08. The van der Waals surface area contributed by atoms with Gasteiger partial charge in [-0.05, 0) is 50.9 Å². The number of benzene rings is 1. The highest BCUT2D eigenvalue weighted by Gasteiger charge is 2.42. The van der Waals surface area contributed by atoms with Crippen LogP contribution in [0.2, 0.25) is 0 Å². The van der Waals surface area contributed by atoms with Crippen molar-refractivity contribution < 1.29 is 0 Å². The molecule has 1 aliphatic rings. The fraction of sp³-hybridized carbons (Fsp3) is 0.647. The number of hydrogen-bond donors (Lipinski definition) is 2. The van der Waals surface area contributed by atoms with Crippen LogP contribution in [0.4, 0.5) is 0 Å². The average Bonchev–Trinajstić information content (AvgIpc) is 2.96. The molecule has 1 aliphatic carbocycles. The number of nitrogens with one attached hydrogen (secondary N) is 1. The molecule has 0 aromatic heterocycles. The summed E-state index contributed by atoms with van der Waals surface area (Å²) in [5.41, 5.74) is 6.08. The number of aryl methyl sites for hydroxylation is 1. The Kier molecular flexibility index (Phi) is 5.19. The number of nitrogens with two attached hydrogens (primary N) is 1. The van der Waals surface area contributed by atoms with E-state index < -0.39 is 0 Å². The van der Waals surface area contributed by atoms with Gasteiger partial charge in [0.1, 0.15) is 0 Å².